The second-order valence-corrected chi connectivity index (χ2v) is 4.21. The fraction of sp³-hybridized carbons (Fsp3) is 0.294. The number of hydrogen-bond acceptors (Lipinski definition) is 2. The van der Waals surface area contributed by atoms with E-state index in [1.807, 2.05) is 19.9 Å². The summed E-state index contributed by atoms with van der Waals surface area (Å²) in [6, 6.07) is 16.8. The fourth-order valence-corrected chi connectivity index (χ4v) is 2.12. The van der Waals surface area contributed by atoms with Gasteiger partial charge in [0, 0.05) is 18.7 Å². The molecule has 2 heteroatoms. The van der Waals surface area contributed by atoms with Crippen LogP contribution in [0.2, 0.25) is 0 Å². The van der Waals surface area contributed by atoms with E-state index in [4.69, 9.17) is 4.74 Å². The van der Waals surface area contributed by atoms with Gasteiger partial charge >= 0.3 is 0 Å². The maximum atomic E-state index is 5.68. The highest BCUT2D eigenvalue weighted by Crippen LogP contribution is 2.27. The minimum Gasteiger partial charge on any atom is -0.492 e. The van der Waals surface area contributed by atoms with Crippen LogP contribution in [-0.2, 0) is 6.54 Å². The average Bonchev–Trinajstić information content (AvgIpc) is 2.74. The highest BCUT2D eigenvalue weighted by Gasteiger charge is 2.09. The van der Waals surface area contributed by atoms with Gasteiger partial charge in [0.2, 0.25) is 0 Å². The van der Waals surface area contributed by atoms with Crippen molar-refractivity contribution in [1.29, 1.82) is 0 Å². The fourth-order valence-electron chi connectivity index (χ4n) is 2.12. The molecule has 1 heterocycles. The number of rotatable bonds is 1. The third kappa shape index (κ3) is 3.36. The quantitative estimate of drug-likeness (QED) is 0.835. The van der Waals surface area contributed by atoms with E-state index in [9.17, 15) is 0 Å². The second-order valence-electron chi connectivity index (χ2n) is 4.21. The summed E-state index contributed by atoms with van der Waals surface area (Å²) in [6.45, 7) is 6.54. The third-order valence-electron chi connectivity index (χ3n) is 3.02. The van der Waals surface area contributed by atoms with Gasteiger partial charge in [-0.15, -0.1) is 0 Å². The lowest BCUT2D eigenvalue weighted by Gasteiger charge is -2.09. The van der Waals surface area contributed by atoms with Crippen LogP contribution in [0.4, 0.5) is 0 Å². The minimum absolute atomic E-state index is 0.748. The summed E-state index contributed by atoms with van der Waals surface area (Å²) in [4.78, 5) is 0. The molecular formula is C17H21NO. The first-order chi connectivity index (χ1) is 9.43. The summed E-state index contributed by atoms with van der Waals surface area (Å²) in [5, 5.41) is 3.36. The molecule has 0 amide bonds. The van der Waals surface area contributed by atoms with Gasteiger partial charge in [-0.3, -0.25) is 0 Å². The Hall–Kier alpha value is -1.80. The summed E-state index contributed by atoms with van der Waals surface area (Å²) in [7, 11) is 0. The van der Waals surface area contributed by atoms with E-state index in [0.29, 0.717) is 0 Å². The van der Waals surface area contributed by atoms with Crippen LogP contribution in [-0.4, -0.2) is 13.2 Å². The lowest BCUT2D eigenvalue weighted by atomic mass is 10.0. The summed E-state index contributed by atoms with van der Waals surface area (Å²) in [5.74, 6) is 1.01. The summed E-state index contributed by atoms with van der Waals surface area (Å²) < 4.78 is 5.68. The van der Waals surface area contributed by atoms with Crippen molar-refractivity contribution in [3.63, 3.8) is 0 Å². The molecule has 19 heavy (non-hydrogen) atoms. The Bertz CT molecular complexity index is 508. The highest BCUT2D eigenvalue weighted by atomic mass is 16.5. The van der Waals surface area contributed by atoms with Crippen molar-refractivity contribution in [2.24, 2.45) is 0 Å². The standard InChI is InChI=1S/C15H15NO.C2H6/c1-2-4-12(5-3-1)13-6-7-15-14(10-13)11-16-8-9-17-15;1-2/h1-7,10,16H,8-9,11H2;1-2H3. The van der Waals surface area contributed by atoms with E-state index < -0.39 is 0 Å². The third-order valence-corrected chi connectivity index (χ3v) is 3.02. The largest absolute Gasteiger partial charge is 0.492 e. The Morgan fingerprint density at radius 1 is 0.947 bits per heavy atom. The molecule has 0 fully saturated rings. The zero-order valence-corrected chi connectivity index (χ0v) is 11.6. The summed E-state index contributed by atoms with van der Waals surface area (Å²) in [6.07, 6.45) is 0. The summed E-state index contributed by atoms with van der Waals surface area (Å²) in [5.41, 5.74) is 3.74. The first-order valence-electron chi connectivity index (χ1n) is 6.95. The lowest BCUT2D eigenvalue weighted by molar-refractivity contribution is 0.326. The molecule has 1 N–H and O–H groups in total. The number of hydrogen-bond donors (Lipinski definition) is 1. The molecule has 0 aliphatic carbocycles. The predicted molar refractivity (Wildman–Crippen MR) is 80.4 cm³/mol. The molecule has 0 spiro atoms. The van der Waals surface area contributed by atoms with Gasteiger partial charge in [0.05, 0.1) is 0 Å². The van der Waals surface area contributed by atoms with Crippen molar-refractivity contribution < 1.29 is 4.74 Å². The zero-order valence-electron chi connectivity index (χ0n) is 11.6. The van der Waals surface area contributed by atoms with Crippen molar-refractivity contribution in [3.8, 4) is 16.9 Å². The molecule has 0 saturated carbocycles. The molecule has 2 aromatic rings. The van der Waals surface area contributed by atoms with Crippen molar-refractivity contribution in [2.75, 3.05) is 13.2 Å². The van der Waals surface area contributed by atoms with Crippen LogP contribution in [0.3, 0.4) is 0 Å². The van der Waals surface area contributed by atoms with E-state index >= 15 is 0 Å². The van der Waals surface area contributed by atoms with Gasteiger partial charge in [0.15, 0.2) is 0 Å². The van der Waals surface area contributed by atoms with Crippen LogP contribution >= 0.6 is 0 Å². The van der Waals surface area contributed by atoms with Crippen molar-refractivity contribution >= 4 is 0 Å². The van der Waals surface area contributed by atoms with Crippen LogP contribution in [0.25, 0.3) is 11.1 Å². The van der Waals surface area contributed by atoms with E-state index in [0.717, 1.165) is 25.4 Å². The first kappa shape index (κ1) is 13.6. The lowest BCUT2D eigenvalue weighted by Crippen LogP contribution is -2.16. The number of benzene rings is 2. The maximum absolute atomic E-state index is 5.68. The van der Waals surface area contributed by atoms with Gasteiger partial charge < -0.3 is 10.1 Å². The molecule has 2 nitrogen and oxygen atoms in total. The van der Waals surface area contributed by atoms with Crippen molar-refractivity contribution in [1.82, 2.24) is 5.32 Å². The Balaban J connectivity index is 0.000000637. The molecule has 3 rings (SSSR count). The number of ether oxygens (including phenoxy) is 1. The molecule has 0 aromatic heterocycles. The average molecular weight is 255 g/mol. The number of nitrogens with one attached hydrogen (secondary N) is 1. The molecule has 0 radical (unpaired) electrons. The van der Waals surface area contributed by atoms with Crippen molar-refractivity contribution in [2.45, 2.75) is 20.4 Å². The molecule has 1 aliphatic heterocycles. The van der Waals surface area contributed by atoms with Gasteiger partial charge in [-0.05, 0) is 23.3 Å². The molecule has 100 valence electrons. The zero-order chi connectivity index (χ0) is 13.5. The van der Waals surface area contributed by atoms with Crippen LogP contribution < -0.4 is 10.1 Å². The van der Waals surface area contributed by atoms with Gasteiger partial charge in [-0.25, -0.2) is 0 Å². The molecule has 2 aromatic carbocycles. The molecule has 0 unspecified atom stereocenters. The first-order valence-corrected chi connectivity index (χ1v) is 6.95. The summed E-state index contributed by atoms with van der Waals surface area (Å²) >= 11 is 0. The Morgan fingerprint density at radius 3 is 2.53 bits per heavy atom. The van der Waals surface area contributed by atoms with E-state index in [1.165, 1.54) is 16.7 Å². The minimum atomic E-state index is 0.748. The van der Waals surface area contributed by atoms with E-state index in [1.54, 1.807) is 0 Å². The molecule has 1 aliphatic rings. The SMILES string of the molecule is CC.c1ccc(-c2ccc3c(c2)CNCCO3)cc1. The highest BCUT2D eigenvalue weighted by molar-refractivity contribution is 5.65. The second kappa shape index (κ2) is 6.95. The molecule has 0 saturated heterocycles. The van der Waals surface area contributed by atoms with Crippen LogP contribution in [0.1, 0.15) is 19.4 Å². The topological polar surface area (TPSA) is 21.3 Å². The molecule has 0 bridgehead atoms. The maximum Gasteiger partial charge on any atom is 0.123 e. The van der Waals surface area contributed by atoms with Gasteiger partial charge in [-0.1, -0.05) is 50.2 Å². The monoisotopic (exact) mass is 255 g/mol. The van der Waals surface area contributed by atoms with Gasteiger partial charge in [-0.2, -0.15) is 0 Å². The van der Waals surface area contributed by atoms with Crippen molar-refractivity contribution in [3.05, 3.63) is 54.1 Å². The van der Waals surface area contributed by atoms with Gasteiger partial charge in [0.25, 0.3) is 0 Å². The smallest absolute Gasteiger partial charge is 0.123 e. The molecular weight excluding hydrogens is 234 g/mol. The van der Waals surface area contributed by atoms with Crippen LogP contribution in [0.15, 0.2) is 48.5 Å². The normalized spacial score (nSPS) is 13.4. The Morgan fingerprint density at radius 2 is 1.74 bits per heavy atom. The van der Waals surface area contributed by atoms with Gasteiger partial charge in [0.1, 0.15) is 12.4 Å². The van der Waals surface area contributed by atoms with Crippen LogP contribution in [0, 0.1) is 0 Å². The molecule has 0 atom stereocenters. The van der Waals surface area contributed by atoms with E-state index in [-0.39, 0.29) is 0 Å². The number of fused-ring (bicyclic) bond motifs is 1. The van der Waals surface area contributed by atoms with Crippen LogP contribution in [0.5, 0.6) is 5.75 Å². The Kier molecular flexibility index (Phi) is 4.99. The van der Waals surface area contributed by atoms with E-state index in [2.05, 4.69) is 47.8 Å². The predicted octanol–water partition coefficient (Wildman–Crippen LogP) is 3.86. The Labute approximate surface area is 115 Å².